The molecule has 1 N–H and O–H groups in total. The largest absolute Gasteiger partial charge is 0.461 e. The topological polar surface area (TPSA) is 58.9 Å². The molecular weight excluding hydrogens is 242 g/mol. The Morgan fingerprint density at radius 3 is 2.32 bits per heavy atom. The van der Waals surface area contributed by atoms with Gasteiger partial charge in [-0.25, -0.2) is 0 Å². The number of benzene rings is 1. The molecule has 0 saturated carbocycles. The molecule has 0 spiro atoms. The molecule has 0 bridgehead atoms. The van der Waals surface area contributed by atoms with Crippen molar-refractivity contribution in [2.24, 2.45) is 5.16 Å². The third-order valence-electron chi connectivity index (χ3n) is 2.72. The Balaban J connectivity index is 2.19. The van der Waals surface area contributed by atoms with Crippen LogP contribution in [0.2, 0.25) is 0 Å². The van der Waals surface area contributed by atoms with Crippen molar-refractivity contribution in [2.75, 3.05) is 0 Å². The Morgan fingerprint density at radius 1 is 0.842 bits per heavy atom. The lowest BCUT2D eigenvalue weighted by Gasteiger charge is -2.03. The van der Waals surface area contributed by atoms with E-state index >= 15 is 0 Å². The van der Waals surface area contributed by atoms with Gasteiger partial charge in [0, 0.05) is 17.7 Å². The number of nitrogens with zero attached hydrogens (tertiary/aromatic N) is 1. The van der Waals surface area contributed by atoms with Crippen LogP contribution in [0.25, 0.3) is 22.8 Å². The van der Waals surface area contributed by atoms with E-state index in [1.165, 1.54) is 0 Å². The third kappa shape index (κ3) is 2.28. The number of hydrogen-bond acceptors (Lipinski definition) is 4. The first-order valence-electron chi connectivity index (χ1n) is 5.79. The second-order valence-electron chi connectivity index (χ2n) is 3.99. The SMILES string of the molecule is O/N=c1/cc(-c2ccccc2)oc(-c2ccco2)c1. The normalized spacial score (nSPS) is 11.7. The molecule has 1 aromatic carbocycles. The molecule has 0 radical (unpaired) electrons. The van der Waals surface area contributed by atoms with Crippen molar-refractivity contribution in [3.05, 3.63) is 66.2 Å². The summed E-state index contributed by atoms with van der Waals surface area (Å²) >= 11 is 0. The number of furan rings is 1. The molecule has 0 saturated heterocycles. The third-order valence-corrected chi connectivity index (χ3v) is 2.72. The quantitative estimate of drug-likeness (QED) is 0.561. The minimum atomic E-state index is 0.413. The molecule has 4 heteroatoms. The molecule has 0 unspecified atom stereocenters. The summed E-state index contributed by atoms with van der Waals surface area (Å²) in [6.45, 7) is 0. The van der Waals surface area contributed by atoms with Crippen LogP contribution in [0.3, 0.4) is 0 Å². The molecule has 0 aliphatic heterocycles. The molecule has 3 aromatic rings. The maximum absolute atomic E-state index is 8.98. The van der Waals surface area contributed by atoms with Gasteiger partial charge in [-0.15, -0.1) is 0 Å². The van der Waals surface area contributed by atoms with Gasteiger partial charge in [0.25, 0.3) is 0 Å². The lowest BCUT2D eigenvalue weighted by Crippen LogP contribution is -2.01. The summed E-state index contributed by atoms with van der Waals surface area (Å²) in [5, 5.41) is 12.6. The van der Waals surface area contributed by atoms with Crippen molar-refractivity contribution < 1.29 is 14.0 Å². The van der Waals surface area contributed by atoms with Gasteiger partial charge in [-0.3, -0.25) is 0 Å². The summed E-state index contributed by atoms with van der Waals surface area (Å²) in [5.74, 6) is 1.71. The van der Waals surface area contributed by atoms with Crippen LogP contribution < -0.4 is 5.36 Å². The maximum atomic E-state index is 8.98. The van der Waals surface area contributed by atoms with E-state index in [9.17, 15) is 0 Å². The number of rotatable bonds is 2. The molecule has 0 atom stereocenters. The van der Waals surface area contributed by atoms with Crippen LogP contribution in [0.1, 0.15) is 0 Å². The highest BCUT2D eigenvalue weighted by Crippen LogP contribution is 2.24. The minimum Gasteiger partial charge on any atom is -0.461 e. The lowest BCUT2D eigenvalue weighted by molar-refractivity contribution is 0.301. The van der Waals surface area contributed by atoms with E-state index < -0.39 is 0 Å². The molecule has 0 aliphatic rings. The minimum absolute atomic E-state index is 0.413. The van der Waals surface area contributed by atoms with Gasteiger partial charge >= 0.3 is 0 Å². The number of hydrogen-bond donors (Lipinski definition) is 1. The second kappa shape index (κ2) is 4.86. The van der Waals surface area contributed by atoms with E-state index in [4.69, 9.17) is 14.0 Å². The van der Waals surface area contributed by atoms with Crippen LogP contribution in [0.5, 0.6) is 0 Å². The first-order chi connectivity index (χ1) is 9.36. The highest BCUT2D eigenvalue weighted by molar-refractivity contribution is 5.59. The summed E-state index contributed by atoms with van der Waals surface area (Å²) in [6.07, 6.45) is 1.57. The van der Waals surface area contributed by atoms with Crippen LogP contribution >= 0.6 is 0 Å². The van der Waals surface area contributed by atoms with E-state index in [-0.39, 0.29) is 0 Å². The Hall–Kier alpha value is -2.75. The summed E-state index contributed by atoms with van der Waals surface area (Å²) in [6, 6.07) is 16.5. The van der Waals surface area contributed by atoms with Gasteiger partial charge in [-0.1, -0.05) is 35.5 Å². The zero-order valence-corrected chi connectivity index (χ0v) is 9.98. The molecule has 94 valence electrons. The monoisotopic (exact) mass is 253 g/mol. The van der Waals surface area contributed by atoms with Gasteiger partial charge in [0.2, 0.25) is 0 Å². The fourth-order valence-corrected chi connectivity index (χ4v) is 1.83. The maximum Gasteiger partial charge on any atom is 0.172 e. The Kier molecular flexibility index (Phi) is 2.90. The lowest BCUT2D eigenvalue weighted by atomic mass is 10.1. The first kappa shape index (κ1) is 11.3. The first-order valence-corrected chi connectivity index (χ1v) is 5.79. The molecule has 3 rings (SSSR count). The predicted octanol–water partition coefficient (Wildman–Crippen LogP) is 3.50. The van der Waals surface area contributed by atoms with E-state index in [2.05, 4.69) is 5.16 Å². The van der Waals surface area contributed by atoms with Gasteiger partial charge in [0.15, 0.2) is 11.5 Å². The van der Waals surface area contributed by atoms with E-state index in [1.54, 1.807) is 30.5 Å². The summed E-state index contributed by atoms with van der Waals surface area (Å²) in [4.78, 5) is 0. The summed E-state index contributed by atoms with van der Waals surface area (Å²) in [7, 11) is 0. The van der Waals surface area contributed by atoms with Gasteiger partial charge in [-0.2, -0.15) is 0 Å². The molecular formula is C15H11NO3. The van der Waals surface area contributed by atoms with Gasteiger partial charge < -0.3 is 14.0 Å². The Labute approximate surface area is 109 Å². The molecule has 0 amide bonds. The standard InChI is InChI=1S/C15H11NO3/c17-16-12-9-14(11-5-2-1-3-6-11)19-15(10-12)13-7-4-8-18-13/h1-10,17H/b16-12-. The van der Waals surface area contributed by atoms with Crippen LogP contribution in [-0.2, 0) is 0 Å². The van der Waals surface area contributed by atoms with Crippen LogP contribution in [0.15, 0.2) is 74.9 Å². The average Bonchev–Trinajstić information content (AvgIpc) is 3.02. The zero-order valence-electron chi connectivity index (χ0n) is 9.98. The summed E-state index contributed by atoms with van der Waals surface area (Å²) in [5.41, 5.74) is 0.904. The molecule has 4 nitrogen and oxygen atoms in total. The molecule has 2 heterocycles. The van der Waals surface area contributed by atoms with Crippen molar-refractivity contribution in [3.8, 4) is 22.8 Å². The molecule has 0 aliphatic carbocycles. The van der Waals surface area contributed by atoms with Crippen molar-refractivity contribution >= 4 is 0 Å². The van der Waals surface area contributed by atoms with E-state index in [1.807, 2.05) is 30.3 Å². The molecule has 19 heavy (non-hydrogen) atoms. The van der Waals surface area contributed by atoms with E-state index in [0.29, 0.717) is 22.6 Å². The van der Waals surface area contributed by atoms with Crippen LogP contribution in [-0.4, -0.2) is 5.21 Å². The van der Waals surface area contributed by atoms with E-state index in [0.717, 1.165) is 5.56 Å². The highest BCUT2D eigenvalue weighted by Gasteiger charge is 2.08. The summed E-state index contributed by atoms with van der Waals surface area (Å²) < 4.78 is 11.1. The Morgan fingerprint density at radius 2 is 1.63 bits per heavy atom. The van der Waals surface area contributed by atoms with Crippen LogP contribution in [0, 0.1) is 0 Å². The van der Waals surface area contributed by atoms with Gasteiger partial charge in [0.05, 0.1) is 6.26 Å². The molecule has 0 fully saturated rings. The van der Waals surface area contributed by atoms with Crippen LogP contribution in [0.4, 0.5) is 0 Å². The predicted molar refractivity (Wildman–Crippen MR) is 69.2 cm³/mol. The Bertz CT molecular complexity index is 728. The fourth-order valence-electron chi connectivity index (χ4n) is 1.83. The smallest absolute Gasteiger partial charge is 0.172 e. The average molecular weight is 253 g/mol. The van der Waals surface area contributed by atoms with Crippen molar-refractivity contribution in [2.45, 2.75) is 0 Å². The van der Waals surface area contributed by atoms with Crippen molar-refractivity contribution in [1.82, 2.24) is 0 Å². The van der Waals surface area contributed by atoms with Gasteiger partial charge in [0.1, 0.15) is 11.1 Å². The zero-order chi connectivity index (χ0) is 13.1. The van der Waals surface area contributed by atoms with Crippen molar-refractivity contribution in [3.63, 3.8) is 0 Å². The van der Waals surface area contributed by atoms with Crippen molar-refractivity contribution in [1.29, 1.82) is 0 Å². The molecule has 2 aromatic heterocycles. The fraction of sp³-hybridized carbons (Fsp3) is 0. The highest BCUT2D eigenvalue weighted by atomic mass is 16.4. The second-order valence-corrected chi connectivity index (χ2v) is 3.99. The van der Waals surface area contributed by atoms with Gasteiger partial charge in [-0.05, 0) is 12.1 Å².